The molecule has 0 saturated carbocycles. The molecule has 7 heteroatoms. The molecule has 2 heterocycles. The monoisotopic (exact) mass is 304 g/mol. The number of fused-ring (bicyclic) bond motifs is 1. The van der Waals surface area contributed by atoms with Crippen LogP contribution in [-0.2, 0) is 14.6 Å². The van der Waals surface area contributed by atoms with Crippen LogP contribution in [0.25, 0.3) is 0 Å². The number of nitrogens with zero attached hydrogens (tertiary/aromatic N) is 2. The molecule has 0 unspecified atom stereocenters. The summed E-state index contributed by atoms with van der Waals surface area (Å²) in [6, 6.07) is -0.0313. The van der Waals surface area contributed by atoms with E-state index in [-0.39, 0.29) is 34.1 Å². The standard InChI is InChI=1S/C12H20N2O3S2/c1-12(2,3)5-10(15)13-11-14(4)8-6-19(16,17)7-9(8)18-11/h8-9H,5-7H2,1-4H3/t8-,9-/m1/s1. The van der Waals surface area contributed by atoms with Crippen molar-refractivity contribution in [2.45, 2.75) is 38.5 Å². The molecule has 0 spiro atoms. The Kier molecular flexibility index (Phi) is 3.72. The molecular formula is C12H20N2O3S2. The van der Waals surface area contributed by atoms with Gasteiger partial charge in [-0.15, -0.1) is 0 Å². The van der Waals surface area contributed by atoms with E-state index in [1.165, 1.54) is 11.8 Å². The topological polar surface area (TPSA) is 66.8 Å². The Morgan fingerprint density at radius 1 is 1.42 bits per heavy atom. The highest BCUT2D eigenvalue weighted by Crippen LogP contribution is 2.37. The minimum absolute atomic E-state index is 0.0242. The average Bonchev–Trinajstić information content (AvgIpc) is 2.60. The van der Waals surface area contributed by atoms with E-state index in [0.29, 0.717) is 11.6 Å². The largest absolute Gasteiger partial charge is 0.349 e. The third kappa shape index (κ3) is 3.51. The Morgan fingerprint density at radius 3 is 2.58 bits per heavy atom. The summed E-state index contributed by atoms with van der Waals surface area (Å²) in [4.78, 5) is 17.9. The highest BCUT2D eigenvalue weighted by Gasteiger charge is 2.47. The summed E-state index contributed by atoms with van der Waals surface area (Å²) in [6.45, 7) is 5.99. The minimum atomic E-state index is -2.92. The molecule has 2 saturated heterocycles. The fraction of sp³-hybridized carbons (Fsp3) is 0.833. The van der Waals surface area contributed by atoms with Crippen LogP contribution < -0.4 is 0 Å². The Morgan fingerprint density at radius 2 is 2.05 bits per heavy atom. The maximum atomic E-state index is 11.9. The van der Waals surface area contributed by atoms with Crippen molar-refractivity contribution in [2.75, 3.05) is 18.6 Å². The summed E-state index contributed by atoms with van der Waals surface area (Å²) >= 11 is 1.42. The van der Waals surface area contributed by atoms with Gasteiger partial charge in [0.1, 0.15) is 0 Å². The predicted molar refractivity (Wildman–Crippen MR) is 78.1 cm³/mol. The van der Waals surface area contributed by atoms with Gasteiger partial charge in [0.2, 0.25) is 5.91 Å². The van der Waals surface area contributed by atoms with E-state index in [1.54, 1.807) is 0 Å². The summed E-state index contributed by atoms with van der Waals surface area (Å²) in [5.41, 5.74) is -0.0812. The number of amidine groups is 1. The lowest BCUT2D eigenvalue weighted by Gasteiger charge is -2.19. The molecule has 0 radical (unpaired) electrons. The van der Waals surface area contributed by atoms with Crippen LogP contribution >= 0.6 is 11.8 Å². The molecule has 1 amide bonds. The van der Waals surface area contributed by atoms with Crippen molar-refractivity contribution < 1.29 is 13.2 Å². The fourth-order valence-electron chi connectivity index (χ4n) is 2.34. The Bertz CT molecular complexity index is 520. The number of hydrogen-bond acceptors (Lipinski definition) is 4. The second-order valence-electron chi connectivity index (χ2n) is 6.44. The number of carbonyl (C=O) groups excluding carboxylic acids is 1. The van der Waals surface area contributed by atoms with Gasteiger partial charge in [-0.25, -0.2) is 8.42 Å². The Balaban J connectivity index is 2.08. The van der Waals surface area contributed by atoms with Crippen LogP contribution in [0.5, 0.6) is 0 Å². The fourth-order valence-corrected chi connectivity index (χ4v) is 6.35. The van der Waals surface area contributed by atoms with Crippen molar-refractivity contribution in [3.05, 3.63) is 0 Å². The summed E-state index contributed by atoms with van der Waals surface area (Å²) in [5.74, 6) is 0.233. The van der Waals surface area contributed by atoms with E-state index in [0.717, 1.165) is 0 Å². The molecule has 19 heavy (non-hydrogen) atoms. The highest BCUT2D eigenvalue weighted by atomic mass is 32.2. The number of sulfone groups is 1. The second kappa shape index (κ2) is 4.77. The van der Waals surface area contributed by atoms with Gasteiger partial charge >= 0.3 is 0 Å². The quantitative estimate of drug-likeness (QED) is 0.727. The number of thioether (sulfide) groups is 1. The molecule has 0 aromatic rings. The van der Waals surface area contributed by atoms with Crippen molar-refractivity contribution in [1.82, 2.24) is 4.90 Å². The molecule has 0 N–H and O–H groups in total. The molecule has 0 aromatic heterocycles. The zero-order valence-electron chi connectivity index (χ0n) is 11.7. The first-order valence-electron chi connectivity index (χ1n) is 6.29. The van der Waals surface area contributed by atoms with Gasteiger partial charge < -0.3 is 4.90 Å². The van der Waals surface area contributed by atoms with Crippen LogP contribution in [0, 0.1) is 5.41 Å². The second-order valence-corrected chi connectivity index (χ2v) is 9.80. The summed E-state index contributed by atoms with van der Waals surface area (Å²) < 4.78 is 23.1. The van der Waals surface area contributed by atoms with Gasteiger partial charge in [0.15, 0.2) is 15.0 Å². The smallest absolute Gasteiger partial charge is 0.248 e. The van der Waals surface area contributed by atoms with Gasteiger partial charge in [-0.05, 0) is 5.41 Å². The van der Waals surface area contributed by atoms with Crippen LogP contribution in [0.2, 0.25) is 0 Å². The van der Waals surface area contributed by atoms with Gasteiger partial charge in [0.25, 0.3) is 0 Å². The number of amides is 1. The molecule has 108 valence electrons. The Hall–Kier alpha value is -0.560. The maximum Gasteiger partial charge on any atom is 0.248 e. The van der Waals surface area contributed by atoms with E-state index in [1.807, 2.05) is 32.7 Å². The third-order valence-corrected chi connectivity index (χ3v) is 6.53. The van der Waals surface area contributed by atoms with Crippen molar-refractivity contribution in [1.29, 1.82) is 0 Å². The molecule has 2 rings (SSSR count). The van der Waals surface area contributed by atoms with E-state index >= 15 is 0 Å². The predicted octanol–water partition coefficient (Wildman–Crippen LogP) is 1.15. The van der Waals surface area contributed by atoms with Crippen LogP contribution in [0.4, 0.5) is 0 Å². The number of rotatable bonds is 1. The zero-order chi connectivity index (χ0) is 14.4. The molecule has 5 nitrogen and oxygen atoms in total. The molecule has 2 aliphatic rings. The van der Waals surface area contributed by atoms with Gasteiger partial charge in [0.05, 0.1) is 17.5 Å². The van der Waals surface area contributed by atoms with E-state index in [9.17, 15) is 13.2 Å². The molecule has 2 atom stereocenters. The summed E-state index contributed by atoms with van der Waals surface area (Å²) in [5, 5.41) is 0.690. The van der Waals surface area contributed by atoms with Crippen molar-refractivity contribution >= 4 is 32.7 Å². The first kappa shape index (κ1) is 14.8. The van der Waals surface area contributed by atoms with Crippen LogP contribution in [-0.4, -0.2) is 54.2 Å². The highest BCUT2D eigenvalue weighted by molar-refractivity contribution is 8.15. The minimum Gasteiger partial charge on any atom is -0.349 e. The van der Waals surface area contributed by atoms with Gasteiger partial charge in [-0.3, -0.25) is 4.79 Å². The zero-order valence-corrected chi connectivity index (χ0v) is 13.3. The van der Waals surface area contributed by atoms with E-state index < -0.39 is 9.84 Å². The van der Waals surface area contributed by atoms with Crippen molar-refractivity contribution in [3.8, 4) is 0 Å². The third-order valence-electron chi connectivity index (χ3n) is 3.23. The van der Waals surface area contributed by atoms with Gasteiger partial charge in [-0.1, -0.05) is 32.5 Å². The summed E-state index contributed by atoms with van der Waals surface area (Å²) in [6.07, 6.45) is 0.401. The van der Waals surface area contributed by atoms with E-state index in [4.69, 9.17) is 0 Å². The van der Waals surface area contributed by atoms with Crippen LogP contribution in [0.15, 0.2) is 4.99 Å². The van der Waals surface area contributed by atoms with E-state index in [2.05, 4.69) is 4.99 Å². The number of hydrogen-bond donors (Lipinski definition) is 0. The average molecular weight is 304 g/mol. The van der Waals surface area contributed by atoms with Crippen LogP contribution in [0.3, 0.4) is 0 Å². The first-order chi connectivity index (χ1) is 8.57. The molecule has 2 aliphatic heterocycles. The maximum absolute atomic E-state index is 11.9. The normalized spacial score (nSPS) is 31.8. The van der Waals surface area contributed by atoms with Crippen LogP contribution in [0.1, 0.15) is 27.2 Å². The number of carbonyl (C=O) groups is 1. The van der Waals surface area contributed by atoms with Crippen molar-refractivity contribution in [3.63, 3.8) is 0 Å². The van der Waals surface area contributed by atoms with Gasteiger partial charge in [-0.2, -0.15) is 4.99 Å². The molecule has 0 aromatic carbocycles. The first-order valence-corrected chi connectivity index (χ1v) is 8.99. The lowest BCUT2D eigenvalue weighted by atomic mass is 9.92. The van der Waals surface area contributed by atoms with Gasteiger partial charge in [0, 0.05) is 18.7 Å². The molecule has 0 aliphatic carbocycles. The SMILES string of the molecule is CN1C(=NC(=O)CC(C)(C)C)S[C@@H]2CS(=O)(=O)C[C@H]21. The molecular weight excluding hydrogens is 284 g/mol. The lowest BCUT2D eigenvalue weighted by Crippen LogP contribution is -2.34. The Labute approximate surface area is 118 Å². The summed E-state index contributed by atoms with van der Waals surface area (Å²) in [7, 11) is -1.10. The lowest BCUT2D eigenvalue weighted by molar-refractivity contribution is -0.119. The number of aliphatic imine (C=N–C) groups is 1. The molecule has 0 bridgehead atoms. The van der Waals surface area contributed by atoms with Crippen molar-refractivity contribution in [2.24, 2.45) is 10.4 Å². The molecule has 2 fully saturated rings.